The molecule has 0 radical (unpaired) electrons. The Kier molecular flexibility index (Phi) is 4.79. The van der Waals surface area contributed by atoms with Crippen LogP contribution >= 0.6 is 0 Å². The molecule has 1 N–H and O–H groups in total. The molecule has 0 saturated carbocycles. The Morgan fingerprint density at radius 3 is 2.21 bits per heavy atom. The molecule has 0 aliphatic heterocycles. The van der Waals surface area contributed by atoms with E-state index in [9.17, 15) is 22.7 Å². The van der Waals surface area contributed by atoms with Gasteiger partial charge in [-0.15, -0.1) is 0 Å². The maximum absolute atomic E-state index is 13.7. The Labute approximate surface area is 109 Å². The summed E-state index contributed by atoms with van der Waals surface area (Å²) in [5, 5.41) is 9.57. The van der Waals surface area contributed by atoms with Gasteiger partial charge in [-0.3, -0.25) is 0 Å². The van der Waals surface area contributed by atoms with E-state index in [0.717, 1.165) is 11.0 Å². The van der Waals surface area contributed by atoms with E-state index in [1.54, 1.807) is 13.8 Å². The molecule has 1 rings (SSSR count). The van der Waals surface area contributed by atoms with E-state index in [-0.39, 0.29) is 11.3 Å². The summed E-state index contributed by atoms with van der Waals surface area (Å²) in [6, 6.07) is 3.37. The second kappa shape index (κ2) is 5.77. The van der Waals surface area contributed by atoms with E-state index in [0.29, 0.717) is 0 Å². The molecular formula is C13H17F4NO. The van der Waals surface area contributed by atoms with Crippen molar-refractivity contribution in [2.75, 3.05) is 11.4 Å². The molecule has 1 aromatic rings. The Hall–Kier alpha value is -1.30. The first-order valence-corrected chi connectivity index (χ1v) is 5.93. The van der Waals surface area contributed by atoms with Crippen LogP contribution in [0.5, 0.6) is 0 Å². The molecule has 0 unspecified atom stereocenters. The number of rotatable bonds is 4. The van der Waals surface area contributed by atoms with E-state index in [4.69, 9.17) is 0 Å². The number of halogens is 4. The SMILES string of the molecule is CC(C)N(CC(F)(F)F)c1cccc(F)c1[C@H](C)O. The van der Waals surface area contributed by atoms with E-state index < -0.39 is 30.7 Å². The Balaban J connectivity index is 3.27. The van der Waals surface area contributed by atoms with Crippen molar-refractivity contribution in [1.29, 1.82) is 0 Å². The predicted octanol–water partition coefficient (Wildman–Crippen LogP) is 3.66. The maximum atomic E-state index is 13.7. The lowest BCUT2D eigenvalue weighted by Crippen LogP contribution is -2.40. The second-order valence-electron chi connectivity index (χ2n) is 4.69. The van der Waals surface area contributed by atoms with E-state index in [1.165, 1.54) is 19.1 Å². The van der Waals surface area contributed by atoms with Crippen LogP contribution in [0, 0.1) is 5.82 Å². The molecule has 0 aromatic heterocycles. The maximum Gasteiger partial charge on any atom is 0.405 e. The first-order valence-electron chi connectivity index (χ1n) is 5.93. The molecule has 0 aliphatic carbocycles. The number of nitrogens with zero attached hydrogens (tertiary/aromatic N) is 1. The molecule has 19 heavy (non-hydrogen) atoms. The van der Waals surface area contributed by atoms with Crippen molar-refractivity contribution in [3.05, 3.63) is 29.6 Å². The summed E-state index contributed by atoms with van der Waals surface area (Å²) in [7, 11) is 0. The molecular weight excluding hydrogens is 262 g/mol. The van der Waals surface area contributed by atoms with E-state index >= 15 is 0 Å². The molecule has 0 heterocycles. The molecule has 2 nitrogen and oxygen atoms in total. The van der Waals surface area contributed by atoms with Crippen LogP contribution in [0.1, 0.15) is 32.4 Å². The minimum absolute atomic E-state index is 0.0716. The molecule has 108 valence electrons. The highest BCUT2D eigenvalue weighted by molar-refractivity contribution is 5.56. The van der Waals surface area contributed by atoms with Crippen LogP contribution in [-0.4, -0.2) is 23.9 Å². The summed E-state index contributed by atoms with van der Waals surface area (Å²) in [6.45, 7) is 3.31. The summed E-state index contributed by atoms with van der Waals surface area (Å²) < 4.78 is 51.5. The molecule has 0 amide bonds. The number of benzene rings is 1. The number of alkyl halides is 3. The van der Waals surface area contributed by atoms with Crippen LogP contribution in [0.2, 0.25) is 0 Å². The van der Waals surface area contributed by atoms with Gasteiger partial charge in [-0.05, 0) is 32.9 Å². The minimum atomic E-state index is -4.40. The van der Waals surface area contributed by atoms with Crippen molar-refractivity contribution in [2.45, 2.75) is 39.1 Å². The Morgan fingerprint density at radius 2 is 1.79 bits per heavy atom. The van der Waals surface area contributed by atoms with Crippen molar-refractivity contribution in [1.82, 2.24) is 0 Å². The van der Waals surface area contributed by atoms with Gasteiger partial charge in [0.2, 0.25) is 0 Å². The highest BCUT2D eigenvalue weighted by atomic mass is 19.4. The van der Waals surface area contributed by atoms with Gasteiger partial charge in [0.15, 0.2) is 0 Å². The van der Waals surface area contributed by atoms with Crippen molar-refractivity contribution in [3.63, 3.8) is 0 Å². The highest BCUT2D eigenvalue weighted by Gasteiger charge is 2.33. The summed E-state index contributed by atoms with van der Waals surface area (Å²) >= 11 is 0. The van der Waals surface area contributed by atoms with Gasteiger partial charge in [0.1, 0.15) is 12.4 Å². The number of hydrogen-bond acceptors (Lipinski definition) is 2. The lowest BCUT2D eigenvalue weighted by Gasteiger charge is -2.32. The summed E-state index contributed by atoms with van der Waals surface area (Å²) in [5.74, 6) is -0.708. The van der Waals surface area contributed by atoms with Crippen LogP contribution in [0.4, 0.5) is 23.2 Å². The molecule has 0 bridgehead atoms. The van der Waals surface area contributed by atoms with Gasteiger partial charge in [-0.1, -0.05) is 6.07 Å². The van der Waals surface area contributed by atoms with Gasteiger partial charge < -0.3 is 10.0 Å². The van der Waals surface area contributed by atoms with Crippen molar-refractivity contribution < 1.29 is 22.7 Å². The Bertz CT molecular complexity index is 429. The van der Waals surface area contributed by atoms with E-state index in [1.807, 2.05) is 0 Å². The smallest absolute Gasteiger partial charge is 0.389 e. The van der Waals surface area contributed by atoms with Crippen LogP contribution < -0.4 is 4.90 Å². The van der Waals surface area contributed by atoms with Crippen molar-refractivity contribution in [3.8, 4) is 0 Å². The zero-order valence-electron chi connectivity index (χ0n) is 11.0. The van der Waals surface area contributed by atoms with Gasteiger partial charge in [0.25, 0.3) is 0 Å². The number of anilines is 1. The third-order valence-corrected chi connectivity index (χ3v) is 2.73. The molecule has 0 fully saturated rings. The fourth-order valence-electron chi connectivity index (χ4n) is 1.93. The molecule has 0 spiro atoms. The fraction of sp³-hybridized carbons (Fsp3) is 0.538. The number of aliphatic hydroxyl groups is 1. The number of hydrogen-bond donors (Lipinski definition) is 1. The average Bonchev–Trinajstić information content (AvgIpc) is 2.23. The minimum Gasteiger partial charge on any atom is -0.389 e. The summed E-state index contributed by atoms with van der Waals surface area (Å²) in [5.41, 5.74) is -0.0391. The third kappa shape index (κ3) is 4.09. The summed E-state index contributed by atoms with van der Waals surface area (Å²) in [4.78, 5) is 1.03. The van der Waals surface area contributed by atoms with Gasteiger partial charge in [0, 0.05) is 17.3 Å². The summed E-state index contributed by atoms with van der Waals surface area (Å²) in [6.07, 6.45) is -5.57. The predicted molar refractivity (Wildman–Crippen MR) is 65.6 cm³/mol. The zero-order chi connectivity index (χ0) is 14.8. The first-order chi connectivity index (χ1) is 8.63. The van der Waals surface area contributed by atoms with Gasteiger partial charge >= 0.3 is 6.18 Å². The van der Waals surface area contributed by atoms with E-state index in [2.05, 4.69) is 0 Å². The lowest BCUT2D eigenvalue weighted by molar-refractivity contribution is -0.120. The lowest BCUT2D eigenvalue weighted by atomic mass is 10.1. The quantitative estimate of drug-likeness (QED) is 0.850. The van der Waals surface area contributed by atoms with Gasteiger partial charge in [-0.25, -0.2) is 4.39 Å². The largest absolute Gasteiger partial charge is 0.405 e. The number of aliphatic hydroxyl groups excluding tert-OH is 1. The molecule has 1 aromatic carbocycles. The molecule has 0 aliphatic rings. The first kappa shape index (κ1) is 15.8. The van der Waals surface area contributed by atoms with Crippen molar-refractivity contribution in [2.24, 2.45) is 0 Å². The Morgan fingerprint density at radius 1 is 1.21 bits per heavy atom. The standard InChI is InChI=1S/C13H17F4NO/c1-8(2)18(7-13(15,16)17)11-6-4-5-10(14)12(11)9(3)19/h4-6,8-9,19H,7H2,1-3H3/t9-/m0/s1. The fourth-order valence-corrected chi connectivity index (χ4v) is 1.93. The van der Waals surface area contributed by atoms with Crippen molar-refractivity contribution >= 4 is 5.69 Å². The third-order valence-electron chi connectivity index (χ3n) is 2.73. The van der Waals surface area contributed by atoms with Crippen LogP contribution in [-0.2, 0) is 0 Å². The van der Waals surface area contributed by atoms with Gasteiger partial charge in [-0.2, -0.15) is 13.2 Å². The monoisotopic (exact) mass is 279 g/mol. The van der Waals surface area contributed by atoms with Crippen LogP contribution in [0.3, 0.4) is 0 Å². The second-order valence-corrected chi connectivity index (χ2v) is 4.69. The topological polar surface area (TPSA) is 23.5 Å². The van der Waals surface area contributed by atoms with Gasteiger partial charge in [0.05, 0.1) is 6.10 Å². The van der Waals surface area contributed by atoms with Crippen LogP contribution in [0.15, 0.2) is 18.2 Å². The molecule has 6 heteroatoms. The molecule has 0 saturated heterocycles. The highest BCUT2D eigenvalue weighted by Crippen LogP contribution is 2.32. The van der Waals surface area contributed by atoms with Crippen LogP contribution in [0.25, 0.3) is 0 Å². The normalized spacial score (nSPS) is 13.7. The zero-order valence-corrected chi connectivity index (χ0v) is 11.0. The average molecular weight is 279 g/mol. The molecule has 1 atom stereocenters.